The topological polar surface area (TPSA) is 36.3 Å². The van der Waals surface area contributed by atoms with Crippen molar-refractivity contribution in [3.05, 3.63) is 65.7 Å². The fourth-order valence-electron chi connectivity index (χ4n) is 2.94. The summed E-state index contributed by atoms with van der Waals surface area (Å²) in [6.07, 6.45) is 4.60. The third kappa shape index (κ3) is 5.27. The highest BCUT2D eigenvalue weighted by atomic mass is 35.5. The molecule has 3 nitrogen and oxygen atoms in total. The predicted octanol–water partition coefficient (Wildman–Crippen LogP) is 4.54. The number of likely N-dealkylation sites (tertiary alicyclic amines) is 1. The van der Waals surface area contributed by atoms with Gasteiger partial charge in [0.25, 0.3) is 0 Å². The molecule has 0 atom stereocenters. The minimum absolute atomic E-state index is 0. The highest BCUT2D eigenvalue weighted by molar-refractivity contribution is 5.85. The Labute approximate surface area is 150 Å². The lowest BCUT2D eigenvalue weighted by molar-refractivity contribution is 0.300. The van der Waals surface area contributed by atoms with Crippen LogP contribution in [-0.2, 0) is 6.42 Å². The summed E-state index contributed by atoms with van der Waals surface area (Å²) >= 11 is 0. The molecule has 0 saturated carbocycles. The van der Waals surface area contributed by atoms with Gasteiger partial charge < -0.3 is 9.64 Å². The Morgan fingerprint density at radius 3 is 2.17 bits per heavy atom. The molecule has 0 spiro atoms. The zero-order valence-corrected chi connectivity index (χ0v) is 14.7. The quantitative estimate of drug-likeness (QED) is 0.638. The van der Waals surface area contributed by atoms with Crippen molar-refractivity contribution in [2.75, 3.05) is 19.7 Å². The molecule has 0 amide bonds. The van der Waals surface area contributed by atoms with Crippen molar-refractivity contribution in [3.63, 3.8) is 0 Å². The molecule has 0 aromatic heterocycles. The zero-order chi connectivity index (χ0) is 15.9. The molecular formula is C20H25ClN2O. The van der Waals surface area contributed by atoms with Gasteiger partial charge in [0.1, 0.15) is 18.2 Å². The van der Waals surface area contributed by atoms with E-state index in [0.29, 0.717) is 12.4 Å². The molecule has 1 aliphatic rings. The van der Waals surface area contributed by atoms with Crippen LogP contribution in [0.15, 0.2) is 54.6 Å². The molecule has 0 bridgehead atoms. The van der Waals surface area contributed by atoms with Gasteiger partial charge in [0.15, 0.2) is 0 Å². The molecule has 1 N–H and O–H groups in total. The fraction of sp³-hybridized carbons (Fsp3) is 0.350. The smallest absolute Gasteiger partial charge is 0.145 e. The lowest BCUT2D eigenvalue weighted by atomic mass is 10.1. The van der Waals surface area contributed by atoms with Crippen molar-refractivity contribution in [2.45, 2.75) is 25.7 Å². The molecule has 1 heterocycles. The van der Waals surface area contributed by atoms with Crippen LogP contribution in [0, 0.1) is 5.41 Å². The van der Waals surface area contributed by atoms with E-state index in [1.165, 1.54) is 30.4 Å². The van der Waals surface area contributed by atoms with Gasteiger partial charge in [0, 0.05) is 13.1 Å². The Bertz CT molecular complexity index is 622. The lowest BCUT2D eigenvalue weighted by Gasteiger charge is -2.28. The van der Waals surface area contributed by atoms with Gasteiger partial charge in [0.05, 0.1) is 0 Å². The van der Waals surface area contributed by atoms with E-state index in [0.717, 1.165) is 25.3 Å². The first-order valence-corrected chi connectivity index (χ1v) is 8.39. The number of rotatable bonds is 5. The van der Waals surface area contributed by atoms with Gasteiger partial charge in [-0.15, -0.1) is 12.4 Å². The average molecular weight is 345 g/mol. The summed E-state index contributed by atoms with van der Waals surface area (Å²) in [4.78, 5) is 2.13. The van der Waals surface area contributed by atoms with Gasteiger partial charge >= 0.3 is 0 Å². The van der Waals surface area contributed by atoms with Crippen LogP contribution < -0.4 is 4.74 Å². The molecule has 0 radical (unpaired) electrons. The molecule has 24 heavy (non-hydrogen) atoms. The molecule has 2 aromatic carbocycles. The van der Waals surface area contributed by atoms with Crippen molar-refractivity contribution in [1.29, 1.82) is 5.41 Å². The molecule has 4 heteroatoms. The van der Waals surface area contributed by atoms with Crippen LogP contribution in [0.3, 0.4) is 0 Å². The van der Waals surface area contributed by atoms with Gasteiger partial charge in [-0.3, -0.25) is 5.41 Å². The van der Waals surface area contributed by atoms with E-state index in [2.05, 4.69) is 41.3 Å². The zero-order valence-electron chi connectivity index (χ0n) is 13.9. The summed E-state index contributed by atoms with van der Waals surface area (Å²) in [5, 5.41) is 8.12. The van der Waals surface area contributed by atoms with Crippen molar-refractivity contribution < 1.29 is 4.74 Å². The number of piperidine rings is 1. The van der Waals surface area contributed by atoms with E-state index in [1.807, 2.05) is 18.2 Å². The number of halogens is 1. The van der Waals surface area contributed by atoms with Crippen LogP contribution in [0.4, 0.5) is 0 Å². The SMILES string of the molecule is Cl.N=C(COc1ccc(Cc2ccccc2)cc1)N1CCCCC1. The van der Waals surface area contributed by atoms with Gasteiger partial charge in [-0.25, -0.2) is 0 Å². The monoisotopic (exact) mass is 344 g/mol. The predicted molar refractivity (Wildman–Crippen MR) is 102 cm³/mol. The van der Waals surface area contributed by atoms with E-state index in [4.69, 9.17) is 10.1 Å². The first-order chi connectivity index (χ1) is 11.3. The van der Waals surface area contributed by atoms with Crippen LogP contribution in [0.5, 0.6) is 5.75 Å². The molecule has 0 aliphatic carbocycles. The maximum Gasteiger partial charge on any atom is 0.145 e. The number of nitrogens with zero attached hydrogens (tertiary/aromatic N) is 1. The molecule has 1 saturated heterocycles. The maximum absolute atomic E-state index is 8.12. The highest BCUT2D eigenvalue weighted by Crippen LogP contribution is 2.16. The fourth-order valence-corrected chi connectivity index (χ4v) is 2.94. The van der Waals surface area contributed by atoms with Gasteiger partial charge in [0.2, 0.25) is 0 Å². The second-order valence-corrected chi connectivity index (χ2v) is 6.09. The molecule has 1 fully saturated rings. The van der Waals surface area contributed by atoms with Crippen LogP contribution in [0.25, 0.3) is 0 Å². The lowest BCUT2D eigenvalue weighted by Crippen LogP contribution is -2.38. The minimum Gasteiger partial charge on any atom is -0.486 e. The van der Waals surface area contributed by atoms with Crippen molar-refractivity contribution in [3.8, 4) is 5.75 Å². The molecule has 1 aliphatic heterocycles. The number of hydrogen-bond donors (Lipinski definition) is 1. The Balaban J connectivity index is 0.00000208. The average Bonchev–Trinajstić information content (AvgIpc) is 2.62. The first-order valence-electron chi connectivity index (χ1n) is 8.39. The third-order valence-electron chi connectivity index (χ3n) is 4.29. The number of amidine groups is 1. The van der Waals surface area contributed by atoms with Crippen LogP contribution >= 0.6 is 12.4 Å². The molecule has 2 aromatic rings. The molecular weight excluding hydrogens is 320 g/mol. The van der Waals surface area contributed by atoms with E-state index in [9.17, 15) is 0 Å². The van der Waals surface area contributed by atoms with Crippen LogP contribution in [0.1, 0.15) is 30.4 Å². The largest absolute Gasteiger partial charge is 0.486 e. The molecule has 0 unspecified atom stereocenters. The third-order valence-corrected chi connectivity index (χ3v) is 4.29. The summed E-state index contributed by atoms with van der Waals surface area (Å²) in [5.41, 5.74) is 2.59. The highest BCUT2D eigenvalue weighted by Gasteiger charge is 2.13. The summed E-state index contributed by atoms with van der Waals surface area (Å²) in [7, 11) is 0. The van der Waals surface area contributed by atoms with Crippen molar-refractivity contribution in [1.82, 2.24) is 4.90 Å². The first kappa shape index (κ1) is 18.3. The summed E-state index contributed by atoms with van der Waals surface area (Å²) in [6, 6.07) is 18.7. The number of ether oxygens (including phenoxy) is 1. The van der Waals surface area contributed by atoms with Gasteiger partial charge in [-0.2, -0.15) is 0 Å². The summed E-state index contributed by atoms with van der Waals surface area (Å²) in [6.45, 7) is 2.36. The summed E-state index contributed by atoms with van der Waals surface area (Å²) < 4.78 is 5.76. The Hall–Kier alpha value is -2.00. The van der Waals surface area contributed by atoms with Gasteiger partial charge in [-0.05, 0) is 48.9 Å². The van der Waals surface area contributed by atoms with Crippen molar-refractivity contribution >= 4 is 18.2 Å². The van der Waals surface area contributed by atoms with E-state index in [1.54, 1.807) is 0 Å². The van der Waals surface area contributed by atoms with Gasteiger partial charge in [-0.1, -0.05) is 42.5 Å². The maximum atomic E-state index is 8.12. The summed E-state index contributed by atoms with van der Waals surface area (Å²) in [5.74, 6) is 1.43. The van der Waals surface area contributed by atoms with E-state index < -0.39 is 0 Å². The van der Waals surface area contributed by atoms with Crippen molar-refractivity contribution in [2.24, 2.45) is 0 Å². The number of hydrogen-bond acceptors (Lipinski definition) is 2. The normalized spacial score (nSPS) is 13.9. The Morgan fingerprint density at radius 2 is 1.50 bits per heavy atom. The standard InChI is InChI=1S/C20H24N2O.ClH/c21-20(22-13-5-2-6-14-22)16-23-19-11-9-18(10-12-19)15-17-7-3-1-4-8-17;/h1,3-4,7-12,21H,2,5-6,13-16H2;1H. The van der Waals surface area contributed by atoms with E-state index in [-0.39, 0.29) is 12.4 Å². The second-order valence-electron chi connectivity index (χ2n) is 6.09. The van der Waals surface area contributed by atoms with Crippen LogP contribution in [-0.4, -0.2) is 30.4 Å². The molecule has 128 valence electrons. The number of nitrogens with one attached hydrogen (secondary N) is 1. The number of benzene rings is 2. The molecule has 3 rings (SSSR count). The van der Waals surface area contributed by atoms with Crippen LogP contribution in [0.2, 0.25) is 0 Å². The minimum atomic E-state index is 0. The Morgan fingerprint density at radius 1 is 0.875 bits per heavy atom. The van der Waals surface area contributed by atoms with E-state index >= 15 is 0 Å². The second kappa shape index (κ2) is 9.33. The Kier molecular flexibility index (Phi) is 7.13.